The Labute approximate surface area is 96.1 Å². The van der Waals surface area contributed by atoms with Gasteiger partial charge in [0.05, 0.1) is 6.67 Å². The first-order valence-electron chi connectivity index (χ1n) is 5.76. The minimum Gasteiger partial charge on any atom is -0.357 e. The molecule has 16 heavy (non-hydrogen) atoms. The minimum atomic E-state index is 1.04. The van der Waals surface area contributed by atoms with Crippen molar-refractivity contribution in [2.45, 2.75) is 0 Å². The van der Waals surface area contributed by atoms with Crippen LogP contribution in [0, 0.1) is 0 Å². The lowest BCUT2D eigenvalue weighted by Crippen LogP contribution is -2.22. The average molecular weight is 212 g/mol. The number of nitrogens with zero attached hydrogens (tertiary/aromatic N) is 2. The van der Waals surface area contributed by atoms with Gasteiger partial charge in [-0.05, 0) is 18.5 Å². The number of fused-ring (bicyclic) bond motifs is 1. The fraction of sp³-hybridized carbons (Fsp3) is 0.286. The quantitative estimate of drug-likeness (QED) is 0.716. The lowest BCUT2D eigenvalue weighted by molar-refractivity contribution is 0.421. The third-order valence-electron chi connectivity index (χ3n) is 3.27. The number of likely N-dealkylation sites (N-methyl/N-ethyl adjacent to an activating group) is 1. The molecule has 0 aromatic heterocycles. The molecular formula is C14H16N2. The Kier molecular flexibility index (Phi) is 2.29. The van der Waals surface area contributed by atoms with Crippen LogP contribution < -0.4 is 4.90 Å². The summed E-state index contributed by atoms with van der Waals surface area (Å²) in [6.07, 6.45) is 0. The molecule has 2 heteroatoms. The molecule has 0 radical (unpaired) electrons. The van der Waals surface area contributed by atoms with Crippen LogP contribution in [0.4, 0.5) is 5.69 Å². The summed E-state index contributed by atoms with van der Waals surface area (Å²) in [7, 11) is 2.17. The Morgan fingerprint density at radius 2 is 1.75 bits per heavy atom. The van der Waals surface area contributed by atoms with Crippen molar-refractivity contribution in [2.24, 2.45) is 0 Å². The zero-order valence-electron chi connectivity index (χ0n) is 9.56. The maximum Gasteiger partial charge on any atom is 0.0706 e. The first kappa shape index (κ1) is 9.67. The molecular weight excluding hydrogens is 196 g/mol. The lowest BCUT2D eigenvalue weighted by Gasteiger charge is -2.20. The molecule has 0 bridgehead atoms. The normalized spacial score (nSPS) is 17.2. The maximum atomic E-state index is 2.45. The molecule has 1 saturated heterocycles. The van der Waals surface area contributed by atoms with Gasteiger partial charge >= 0.3 is 0 Å². The first-order chi connectivity index (χ1) is 7.84. The highest BCUT2D eigenvalue weighted by Gasteiger charge is 2.17. The first-order valence-corrected chi connectivity index (χ1v) is 5.76. The van der Waals surface area contributed by atoms with Crippen molar-refractivity contribution in [1.29, 1.82) is 0 Å². The van der Waals surface area contributed by atoms with E-state index in [4.69, 9.17) is 0 Å². The highest BCUT2D eigenvalue weighted by Crippen LogP contribution is 2.27. The molecule has 1 fully saturated rings. The second-order valence-electron chi connectivity index (χ2n) is 4.48. The molecule has 1 aliphatic rings. The summed E-state index contributed by atoms with van der Waals surface area (Å²) < 4.78 is 0. The molecule has 3 rings (SSSR count). The zero-order valence-corrected chi connectivity index (χ0v) is 9.56. The van der Waals surface area contributed by atoms with E-state index in [1.807, 2.05) is 0 Å². The maximum absolute atomic E-state index is 2.45. The van der Waals surface area contributed by atoms with E-state index in [2.05, 4.69) is 59.3 Å². The van der Waals surface area contributed by atoms with Crippen LogP contribution in [0.25, 0.3) is 10.8 Å². The predicted molar refractivity (Wildman–Crippen MR) is 68.8 cm³/mol. The van der Waals surface area contributed by atoms with Crippen LogP contribution in [0.15, 0.2) is 42.5 Å². The van der Waals surface area contributed by atoms with E-state index in [0.29, 0.717) is 0 Å². The van der Waals surface area contributed by atoms with Gasteiger partial charge in [0.25, 0.3) is 0 Å². The lowest BCUT2D eigenvalue weighted by atomic mass is 10.1. The Morgan fingerprint density at radius 1 is 0.938 bits per heavy atom. The summed E-state index contributed by atoms with van der Waals surface area (Å²) >= 11 is 0. The highest BCUT2D eigenvalue weighted by atomic mass is 15.4. The van der Waals surface area contributed by atoms with E-state index >= 15 is 0 Å². The van der Waals surface area contributed by atoms with E-state index in [1.54, 1.807) is 0 Å². The molecule has 0 spiro atoms. The Hall–Kier alpha value is -1.54. The topological polar surface area (TPSA) is 6.48 Å². The van der Waals surface area contributed by atoms with Crippen LogP contribution >= 0.6 is 0 Å². The summed E-state index contributed by atoms with van der Waals surface area (Å²) in [5.41, 5.74) is 1.36. The van der Waals surface area contributed by atoms with Gasteiger partial charge in [-0.1, -0.05) is 36.4 Å². The van der Waals surface area contributed by atoms with E-state index in [0.717, 1.165) is 19.8 Å². The molecule has 0 aliphatic carbocycles. The van der Waals surface area contributed by atoms with Gasteiger partial charge in [-0.15, -0.1) is 0 Å². The largest absolute Gasteiger partial charge is 0.357 e. The smallest absolute Gasteiger partial charge is 0.0706 e. The van der Waals surface area contributed by atoms with Gasteiger partial charge in [0, 0.05) is 24.2 Å². The van der Waals surface area contributed by atoms with Crippen molar-refractivity contribution in [3.8, 4) is 0 Å². The van der Waals surface area contributed by atoms with Crippen LogP contribution in [-0.4, -0.2) is 31.7 Å². The molecule has 0 unspecified atom stereocenters. The minimum absolute atomic E-state index is 1.04. The van der Waals surface area contributed by atoms with Gasteiger partial charge in [0.15, 0.2) is 0 Å². The van der Waals surface area contributed by atoms with E-state index in [-0.39, 0.29) is 0 Å². The predicted octanol–water partition coefficient (Wildman–Crippen LogP) is 2.55. The number of hydrogen-bond acceptors (Lipinski definition) is 2. The van der Waals surface area contributed by atoms with Crippen LogP contribution in [-0.2, 0) is 0 Å². The molecule has 1 aliphatic heterocycles. The van der Waals surface area contributed by atoms with Crippen LogP contribution in [0.2, 0.25) is 0 Å². The Morgan fingerprint density at radius 3 is 2.56 bits per heavy atom. The molecule has 0 atom stereocenters. The van der Waals surface area contributed by atoms with Crippen LogP contribution in [0.1, 0.15) is 0 Å². The van der Waals surface area contributed by atoms with E-state index in [9.17, 15) is 0 Å². The molecule has 0 amide bonds. The SMILES string of the molecule is CN1CCN(c2cccc3ccccc23)C1. The van der Waals surface area contributed by atoms with Crippen molar-refractivity contribution < 1.29 is 0 Å². The fourth-order valence-corrected chi connectivity index (χ4v) is 2.40. The third kappa shape index (κ3) is 1.55. The fourth-order valence-electron chi connectivity index (χ4n) is 2.40. The highest BCUT2D eigenvalue weighted by molar-refractivity contribution is 5.94. The summed E-state index contributed by atoms with van der Waals surface area (Å²) in [6, 6.07) is 15.2. The van der Waals surface area contributed by atoms with Crippen molar-refractivity contribution in [3.63, 3.8) is 0 Å². The van der Waals surface area contributed by atoms with Crippen molar-refractivity contribution in [3.05, 3.63) is 42.5 Å². The van der Waals surface area contributed by atoms with Gasteiger partial charge in [-0.25, -0.2) is 0 Å². The average Bonchev–Trinajstić information content (AvgIpc) is 2.75. The zero-order chi connectivity index (χ0) is 11.0. The molecule has 1 heterocycles. The molecule has 2 nitrogen and oxygen atoms in total. The Bertz CT molecular complexity index is 502. The van der Waals surface area contributed by atoms with Crippen LogP contribution in [0.3, 0.4) is 0 Å². The standard InChI is InChI=1S/C14H16N2/c1-15-9-10-16(11-15)14-8-4-6-12-5-2-3-7-13(12)14/h2-8H,9-11H2,1H3. The van der Waals surface area contributed by atoms with Crippen molar-refractivity contribution in [1.82, 2.24) is 4.90 Å². The second kappa shape index (κ2) is 3.80. The third-order valence-corrected chi connectivity index (χ3v) is 3.27. The summed E-state index contributed by atoms with van der Waals surface area (Å²) in [6.45, 7) is 3.32. The number of hydrogen-bond donors (Lipinski definition) is 0. The summed E-state index contributed by atoms with van der Waals surface area (Å²) in [5, 5.41) is 2.69. The second-order valence-corrected chi connectivity index (χ2v) is 4.48. The van der Waals surface area contributed by atoms with Gasteiger partial charge in [-0.2, -0.15) is 0 Å². The monoisotopic (exact) mass is 212 g/mol. The molecule has 0 saturated carbocycles. The van der Waals surface area contributed by atoms with Crippen LogP contribution in [0.5, 0.6) is 0 Å². The molecule has 0 N–H and O–H groups in total. The molecule has 2 aromatic carbocycles. The number of anilines is 1. The van der Waals surface area contributed by atoms with Gasteiger partial charge in [-0.3, -0.25) is 4.90 Å². The molecule has 2 aromatic rings. The summed E-state index contributed by atoms with van der Waals surface area (Å²) in [4.78, 5) is 4.80. The molecule has 82 valence electrons. The van der Waals surface area contributed by atoms with E-state index in [1.165, 1.54) is 16.5 Å². The van der Waals surface area contributed by atoms with Crippen molar-refractivity contribution in [2.75, 3.05) is 31.7 Å². The van der Waals surface area contributed by atoms with Crippen molar-refractivity contribution >= 4 is 16.5 Å². The van der Waals surface area contributed by atoms with E-state index < -0.39 is 0 Å². The van der Waals surface area contributed by atoms with Gasteiger partial charge in [0.1, 0.15) is 0 Å². The Balaban J connectivity index is 2.09. The van der Waals surface area contributed by atoms with Gasteiger partial charge in [0.2, 0.25) is 0 Å². The number of benzene rings is 2. The number of rotatable bonds is 1. The van der Waals surface area contributed by atoms with Gasteiger partial charge < -0.3 is 4.90 Å². The summed E-state index contributed by atoms with van der Waals surface area (Å²) in [5.74, 6) is 0.